The highest BCUT2D eigenvalue weighted by Gasteiger charge is 2.35. The summed E-state index contributed by atoms with van der Waals surface area (Å²) in [5.41, 5.74) is 2.31. The van der Waals surface area contributed by atoms with Gasteiger partial charge >= 0.3 is 0 Å². The van der Waals surface area contributed by atoms with Gasteiger partial charge in [0.25, 0.3) is 0 Å². The van der Waals surface area contributed by atoms with Crippen molar-refractivity contribution in [3.05, 3.63) is 16.8 Å². The minimum Gasteiger partial charge on any atom is -0.381 e. The molecule has 0 atom stereocenters. The lowest BCUT2D eigenvalue weighted by molar-refractivity contribution is -0.000673. The minimum atomic E-state index is 0.0332. The number of likely N-dealkylation sites (N-methyl/N-ethyl adjacent to an activating group) is 1. The molecule has 1 aliphatic heterocycles. The van der Waals surface area contributed by atoms with Crippen molar-refractivity contribution in [2.24, 2.45) is 0 Å². The van der Waals surface area contributed by atoms with Crippen LogP contribution < -0.4 is 5.32 Å². The molecular weight excluding hydrogens is 266 g/mol. The Morgan fingerprint density at radius 3 is 2.52 bits per heavy atom. The maximum Gasteiger partial charge on any atom is 0.166 e. The normalized spacial score (nSPS) is 17.5. The van der Waals surface area contributed by atoms with Crippen molar-refractivity contribution in [2.45, 2.75) is 32.2 Å². The second kappa shape index (κ2) is 6.37. The van der Waals surface area contributed by atoms with E-state index in [4.69, 9.17) is 4.74 Å². The molecule has 1 aromatic rings. The van der Waals surface area contributed by atoms with Crippen molar-refractivity contribution in [1.29, 1.82) is 5.26 Å². The van der Waals surface area contributed by atoms with E-state index in [1.165, 1.54) is 0 Å². The Balaban J connectivity index is 2.19. The molecule has 1 aliphatic rings. The summed E-state index contributed by atoms with van der Waals surface area (Å²) in [7, 11) is 4.18. The molecule has 1 N–H and O–H groups in total. The molecule has 0 aliphatic carbocycles. The van der Waals surface area contributed by atoms with Crippen LogP contribution in [0, 0.1) is 25.2 Å². The van der Waals surface area contributed by atoms with Crippen LogP contribution in [0.3, 0.4) is 0 Å². The number of rotatable bonds is 4. The van der Waals surface area contributed by atoms with Crippen molar-refractivity contribution in [2.75, 3.05) is 39.2 Å². The Bertz CT molecular complexity index is 544. The highest BCUT2D eigenvalue weighted by molar-refractivity contribution is 5.55. The zero-order chi connectivity index (χ0) is 15.5. The fourth-order valence-corrected chi connectivity index (χ4v) is 2.65. The van der Waals surface area contributed by atoms with Crippen molar-refractivity contribution in [3.63, 3.8) is 0 Å². The minimum absolute atomic E-state index is 0.0332. The molecule has 0 saturated carbocycles. The second-order valence-electron chi connectivity index (χ2n) is 5.83. The number of anilines is 1. The van der Waals surface area contributed by atoms with Crippen molar-refractivity contribution in [1.82, 2.24) is 15.1 Å². The van der Waals surface area contributed by atoms with Gasteiger partial charge in [-0.2, -0.15) is 10.4 Å². The number of aryl methyl sites for hydroxylation is 1. The number of hydrogen-bond acceptors (Lipinski definition) is 6. The molecule has 0 radical (unpaired) electrons. The third-order valence-electron chi connectivity index (χ3n) is 4.52. The molecule has 0 amide bonds. The Hall–Kier alpha value is -1.71. The van der Waals surface area contributed by atoms with Crippen LogP contribution in [0.25, 0.3) is 0 Å². The molecular formula is C15H23N5O. The van der Waals surface area contributed by atoms with Crippen LogP contribution in [0.15, 0.2) is 0 Å². The topological polar surface area (TPSA) is 74.1 Å². The van der Waals surface area contributed by atoms with Crippen LogP contribution in [-0.4, -0.2) is 54.5 Å². The summed E-state index contributed by atoms with van der Waals surface area (Å²) in [6.07, 6.45) is 1.93. The zero-order valence-electron chi connectivity index (χ0n) is 13.2. The summed E-state index contributed by atoms with van der Waals surface area (Å²) in [6, 6.07) is 2.23. The van der Waals surface area contributed by atoms with Crippen LogP contribution in [-0.2, 0) is 4.74 Å². The van der Waals surface area contributed by atoms with Gasteiger partial charge in [0.1, 0.15) is 11.6 Å². The summed E-state index contributed by atoms with van der Waals surface area (Å²) in [6.45, 7) is 6.04. The first-order valence-electron chi connectivity index (χ1n) is 7.23. The first-order chi connectivity index (χ1) is 10.00. The Morgan fingerprint density at radius 2 is 1.95 bits per heavy atom. The van der Waals surface area contributed by atoms with Gasteiger partial charge < -0.3 is 15.0 Å². The molecule has 6 heteroatoms. The second-order valence-corrected chi connectivity index (χ2v) is 5.83. The van der Waals surface area contributed by atoms with Gasteiger partial charge in [0.2, 0.25) is 0 Å². The lowest BCUT2D eigenvalue weighted by Gasteiger charge is -2.43. The highest BCUT2D eigenvalue weighted by atomic mass is 16.5. The fraction of sp³-hybridized carbons (Fsp3) is 0.667. The predicted octanol–water partition coefficient (Wildman–Crippen LogP) is 1.49. The number of aromatic nitrogens is 2. The zero-order valence-corrected chi connectivity index (χ0v) is 13.2. The van der Waals surface area contributed by atoms with Crippen molar-refractivity contribution < 1.29 is 4.74 Å². The quantitative estimate of drug-likeness (QED) is 0.905. The molecule has 0 spiro atoms. The first-order valence-corrected chi connectivity index (χ1v) is 7.23. The van der Waals surface area contributed by atoms with E-state index < -0.39 is 0 Å². The standard InChI is InChI=1S/C15H23N5O/c1-11-12(2)18-19-14(13(11)9-16)17-10-15(20(3)4)5-7-21-8-6-15/h5-8,10H2,1-4H3,(H,17,19). The van der Waals surface area contributed by atoms with Crippen LogP contribution in [0.4, 0.5) is 5.82 Å². The van der Waals surface area contributed by atoms with Crippen LogP contribution >= 0.6 is 0 Å². The molecule has 1 fully saturated rings. The molecule has 2 heterocycles. The van der Waals surface area contributed by atoms with Gasteiger partial charge in [-0.3, -0.25) is 0 Å². The monoisotopic (exact) mass is 289 g/mol. The summed E-state index contributed by atoms with van der Waals surface area (Å²) in [5.74, 6) is 0.577. The Labute approximate surface area is 126 Å². The van der Waals surface area contributed by atoms with E-state index in [2.05, 4.69) is 40.6 Å². The highest BCUT2D eigenvalue weighted by Crippen LogP contribution is 2.27. The van der Waals surface area contributed by atoms with Gasteiger partial charge in [-0.1, -0.05) is 0 Å². The number of nitrogens with zero attached hydrogens (tertiary/aromatic N) is 4. The van der Waals surface area contributed by atoms with Crippen LogP contribution in [0.2, 0.25) is 0 Å². The molecule has 2 rings (SSSR count). The van der Waals surface area contributed by atoms with Gasteiger partial charge in [-0.05, 0) is 46.3 Å². The summed E-state index contributed by atoms with van der Waals surface area (Å²) in [4.78, 5) is 2.24. The molecule has 0 aromatic carbocycles. The summed E-state index contributed by atoms with van der Waals surface area (Å²) < 4.78 is 5.47. The Kier molecular flexibility index (Phi) is 4.76. The average Bonchev–Trinajstić information content (AvgIpc) is 2.49. The maximum absolute atomic E-state index is 9.35. The maximum atomic E-state index is 9.35. The van der Waals surface area contributed by atoms with E-state index in [9.17, 15) is 5.26 Å². The number of hydrogen-bond donors (Lipinski definition) is 1. The third-order valence-corrected chi connectivity index (χ3v) is 4.52. The SMILES string of the molecule is Cc1nnc(NCC2(N(C)C)CCOCC2)c(C#N)c1C. The number of nitrogens with one attached hydrogen (secondary N) is 1. The molecule has 114 valence electrons. The smallest absolute Gasteiger partial charge is 0.166 e. The molecule has 21 heavy (non-hydrogen) atoms. The van der Waals surface area contributed by atoms with E-state index in [0.29, 0.717) is 11.4 Å². The Morgan fingerprint density at radius 1 is 1.29 bits per heavy atom. The molecule has 1 aromatic heterocycles. The largest absolute Gasteiger partial charge is 0.381 e. The van der Waals surface area contributed by atoms with E-state index in [0.717, 1.165) is 43.9 Å². The summed E-state index contributed by atoms with van der Waals surface area (Å²) >= 11 is 0. The van der Waals surface area contributed by atoms with E-state index in [-0.39, 0.29) is 5.54 Å². The summed E-state index contributed by atoms with van der Waals surface area (Å²) in [5, 5.41) is 20.9. The first kappa shape index (κ1) is 15.7. The van der Waals surface area contributed by atoms with Crippen LogP contribution in [0.1, 0.15) is 29.7 Å². The third kappa shape index (κ3) is 3.14. The van der Waals surface area contributed by atoms with Crippen LogP contribution in [0.5, 0.6) is 0 Å². The van der Waals surface area contributed by atoms with E-state index in [1.807, 2.05) is 13.8 Å². The van der Waals surface area contributed by atoms with Crippen molar-refractivity contribution >= 4 is 5.82 Å². The van der Waals surface area contributed by atoms with Gasteiger partial charge in [-0.15, -0.1) is 5.10 Å². The van der Waals surface area contributed by atoms with Gasteiger partial charge in [0.15, 0.2) is 5.82 Å². The molecule has 0 unspecified atom stereocenters. The van der Waals surface area contributed by atoms with Crippen molar-refractivity contribution in [3.8, 4) is 6.07 Å². The predicted molar refractivity (Wildman–Crippen MR) is 81.2 cm³/mol. The van der Waals surface area contributed by atoms with Gasteiger partial charge in [0.05, 0.1) is 5.69 Å². The molecule has 0 bridgehead atoms. The fourth-order valence-electron chi connectivity index (χ4n) is 2.65. The molecule has 6 nitrogen and oxygen atoms in total. The molecule has 1 saturated heterocycles. The van der Waals surface area contributed by atoms with Gasteiger partial charge in [-0.25, -0.2) is 0 Å². The average molecular weight is 289 g/mol. The van der Waals surface area contributed by atoms with E-state index in [1.54, 1.807) is 0 Å². The number of nitriles is 1. The lowest BCUT2D eigenvalue weighted by atomic mass is 9.88. The lowest BCUT2D eigenvalue weighted by Crippen LogP contribution is -2.53. The van der Waals surface area contributed by atoms with Gasteiger partial charge in [0, 0.05) is 25.3 Å². The van der Waals surface area contributed by atoms with E-state index >= 15 is 0 Å². The number of ether oxygens (including phenoxy) is 1.